The van der Waals surface area contributed by atoms with E-state index in [2.05, 4.69) is 21.6 Å². The average molecular weight is 416 g/mol. The minimum Gasteiger partial charge on any atom is -0.449 e. The van der Waals surface area contributed by atoms with Crippen LogP contribution in [0.4, 0.5) is 4.79 Å². The van der Waals surface area contributed by atoms with Gasteiger partial charge in [0.1, 0.15) is 17.4 Å². The van der Waals surface area contributed by atoms with Gasteiger partial charge in [0, 0.05) is 34.5 Å². The van der Waals surface area contributed by atoms with E-state index >= 15 is 0 Å². The molecule has 1 N–H and O–H groups in total. The number of aromatic nitrogens is 3. The fourth-order valence-electron chi connectivity index (χ4n) is 3.10. The number of alkyl carbamates (subject to hydrolysis) is 1. The monoisotopic (exact) mass is 415 g/mol. The first kappa shape index (κ1) is 18.6. The zero-order valence-corrected chi connectivity index (χ0v) is 17.0. The number of halogens is 1. The summed E-state index contributed by atoms with van der Waals surface area (Å²) in [5, 5.41) is 12.6. The number of amides is 1. The number of aliphatic imine (C=N–C) groups is 1. The van der Waals surface area contributed by atoms with Gasteiger partial charge in [-0.15, -0.1) is 21.5 Å². The van der Waals surface area contributed by atoms with Gasteiger partial charge in [0.25, 0.3) is 0 Å². The van der Waals surface area contributed by atoms with Crippen LogP contribution in [0.1, 0.15) is 27.7 Å². The molecule has 0 fully saturated rings. The molecule has 2 aromatic heterocycles. The Kier molecular flexibility index (Phi) is 5.15. The Bertz CT molecular complexity index is 1070. The van der Waals surface area contributed by atoms with Gasteiger partial charge in [0.05, 0.1) is 12.3 Å². The van der Waals surface area contributed by atoms with Crippen LogP contribution in [0.15, 0.2) is 35.3 Å². The summed E-state index contributed by atoms with van der Waals surface area (Å²) in [7, 11) is 1.54. The molecule has 28 heavy (non-hydrogen) atoms. The third-order valence-electron chi connectivity index (χ3n) is 4.41. The van der Waals surface area contributed by atoms with Crippen molar-refractivity contribution in [2.75, 3.05) is 13.7 Å². The highest BCUT2D eigenvalue weighted by Crippen LogP contribution is 2.34. The molecule has 0 aliphatic carbocycles. The van der Waals surface area contributed by atoms with E-state index in [1.807, 2.05) is 35.8 Å². The third-order valence-corrected chi connectivity index (χ3v) is 5.92. The lowest BCUT2D eigenvalue weighted by Crippen LogP contribution is -2.20. The van der Waals surface area contributed by atoms with Crippen LogP contribution < -0.4 is 5.32 Å². The Morgan fingerprint density at radius 1 is 1.32 bits per heavy atom. The molecule has 7 nitrogen and oxygen atoms in total. The van der Waals surface area contributed by atoms with Crippen LogP contribution in [0.3, 0.4) is 0 Å². The predicted octanol–water partition coefficient (Wildman–Crippen LogP) is 3.54. The molecule has 0 spiro atoms. The maximum Gasteiger partial charge on any atom is 0.406 e. The first-order valence-electron chi connectivity index (χ1n) is 8.76. The van der Waals surface area contributed by atoms with Gasteiger partial charge in [-0.2, -0.15) is 0 Å². The van der Waals surface area contributed by atoms with Crippen LogP contribution in [-0.4, -0.2) is 40.2 Å². The zero-order chi connectivity index (χ0) is 19.7. The number of nitrogens with one attached hydrogen (secondary N) is 1. The van der Waals surface area contributed by atoms with E-state index in [1.165, 1.54) is 0 Å². The third kappa shape index (κ3) is 3.41. The minimum absolute atomic E-state index is 0.297. The Morgan fingerprint density at radius 3 is 2.93 bits per heavy atom. The molecule has 0 unspecified atom stereocenters. The summed E-state index contributed by atoms with van der Waals surface area (Å²) in [6.07, 6.45) is 0.172. The molecule has 144 valence electrons. The number of rotatable bonds is 4. The largest absolute Gasteiger partial charge is 0.449 e. The van der Waals surface area contributed by atoms with Crippen LogP contribution in [0.5, 0.6) is 0 Å². The van der Waals surface area contributed by atoms with Gasteiger partial charge in [-0.05, 0) is 19.1 Å². The fraction of sp³-hybridized carbons (Fsp3) is 0.263. The van der Waals surface area contributed by atoms with Gasteiger partial charge in [-0.1, -0.05) is 29.8 Å². The highest BCUT2D eigenvalue weighted by molar-refractivity contribution is 7.15. The standard InChI is InChI=1S/C19H18ClN5O2S/c1-11-23-24-16-10-22-17(13-5-3-4-6-15(13)20)14-9-12(28-18(14)25(11)16)7-8-27-19(26)21-2/h3-6,9H,7-8,10H2,1-2H3,(H,21,26). The van der Waals surface area contributed by atoms with Gasteiger partial charge < -0.3 is 10.1 Å². The molecule has 3 aromatic rings. The smallest absolute Gasteiger partial charge is 0.406 e. The molecule has 0 atom stereocenters. The van der Waals surface area contributed by atoms with Gasteiger partial charge in [-0.3, -0.25) is 9.56 Å². The van der Waals surface area contributed by atoms with Crippen molar-refractivity contribution < 1.29 is 9.53 Å². The molecule has 1 aliphatic rings. The van der Waals surface area contributed by atoms with Crippen molar-refractivity contribution in [2.24, 2.45) is 4.99 Å². The molecule has 0 saturated heterocycles. The number of hydrogen-bond donors (Lipinski definition) is 1. The fourth-order valence-corrected chi connectivity index (χ4v) is 4.53. The van der Waals surface area contributed by atoms with Crippen molar-refractivity contribution in [1.29, 1.82) is 0 Å². The lowest BCUT2D eigenvalue weighted by molar-refractivity contribution is 0.150. The maximum atomic E-state index is 11.3. The summed E-state index contributed by atoms with van der Waals surface area (Å²) in [4.78, 5) is 17.2. The molecule has 1 aliphatic heterocycles. The number of thiophene rings is 1. The van der Waals surface area contributed by atoms with Crippen molar-refractivity contribution >= 4 is 34.7 Å². The number of ether oxygens (including phenoxy) is 1. The Hall–Kier alpha value is -2.71. The van der Waals surface area contributed by atoms with E-state index in [-0.39, 0.29) is 0 Å². The molecule has 0 bridgehead atoms. The summed E-state index contributed by atoms with van der Waals surface area (Å²) in [5.74, 6) is 1.60. The van der Waals surface area contributed by atoms with E-state index in [9.17, 15) is 4.79 Å². The molecule has 1 amide bonds. The highest BCUT2D eigenvalue weighted by Gasteiger charge is 2.25. The first-order valence-corrected chi connectivity index (χ1v) is 9.96. The van der Waals surface area contributed by atoms with Crippen LogP contribution in [0.2, 0.25) is 5.02 Å². The summed E-state index contributed by atoms with van der Waals surface area (Å²) >= 11 is 8.08. The number of carbonyl (C=O) groups is 1. The second-order valence-corrected chi connectivity index (χ2v) is 7.73. The highest BCUT2D eigenvalue weighted by atomic mass is 35.5. The van der Waals surface area contributed by atoms with Crippen LogP contribution in [0.25, 0.3) is 5.00 Å². The molecular weight excluding hydrogens is 398 g/mol. The van der Waals surface area contributed by atoms with Gasteiger partial charge >= 0.3 is 6.09 Å². The molecule has 4 rings (SSSR count). The van der Waals surface area contributed by atoms with Crippen LogP contribution >= 0.6 is 22.9 Å². The molecule has 0 radical (unpaired) electrons. The van der Waals surface area contributed by atoms with E-state index < -0.39 is 6.09 Å². The second kappa shape index (κ2) is 7.73. The van der Waals surface area contributed by atoms with E-state index in [4.69, 9.17) is 21.3 Å². The number of fused-ring (bicyclic) bond motifs is 3. The van der Waals surface area contributed by atoms with Crippen LogP contribution in [-0.2, 0) is 17.7 Å². The van der Waals surface area contributed by atoms with Crippen LogP contribution in [0, 0.1) is 6.92 Å². The molecule has 3 heterocycles. The number of nitrogens with zero attached hydrogens (tertiary/aromatic N) is 4. The van der Waals surface area contributed by atoms with Gasteiger partial charge in [0.2, 0.25) is 0 Å². The Balaban J connectivity index is 1.76. The molecule has 1 aromatic carbocycles. The zero-order valence-electron chi connectivity index (χ0n) is 15.4. The minimum atomic E-state index is -0.437. The Labute approximate surface area is 171 Å². The number of benzene rings is 1. The lowest BCUT2D eigenvalue weighted by atomic mass is 10.0. The van der Waals surface area contributed by atoms with Crippen molar-refractivity contribution in [2.45, 2.75) is 19.9 Å². The van der Waals surface area contributed by atoms with Crippen molar-refractivity contribution in [3.8, 4) is 5.00 Å². The average Bonchev–Trinajstić information content (AvgIpc) is 3.22. The maximum absolute atomic E-state index is 11.3. The summed E-state index contributed by atoms with van der Waals surface area (Å²) in [5.41, 5.74) is 2.70. The summed E-state index contributed by atoms with van der Waals surface area (Å²) in [6, 6.07) is 9.77. The van der Waals surface area contributed by atoms with E-state index in [0.717, 1.165) is 38.4 Å². The number of aryl methyl sites for hydroxylation is 1. The quantitative estimate of drug-likeness (QED) is 0.706. The van der Waals surface area contributed by atoms with Gasteiger partial charge in [0.15, 0.2) is 5.82 Å². The lowest BCUT2D eigenvalue weighted by Gasteiger charge is -2.08. The molecule has 9 heteroatoms. The first-order chi connectivity index (χ1) is 13.6. The number of carbonyl (C=O) groups excluding carboxylic acids is 1. The van der Waals surface area contributed by atoms with Crippen molar-refractivity contribution in [3.63, 3.8) is 0 Å². The number of hydrogen-bond acceptors (Lipinski definition) is 6. The summed E-state index contributed by atoms with van der Waals surface area (Å²) in [6.45, 7) is 2.65. The molecule has 0 saturated carbocycles. The van der Waals surface area contributed by atoms with Gasteiger partial charge in [-0.25, -0.2) is 4.79 Å². The predicted molar refractivity (Wildman–Crippen MR) is 109 cm³/mol. The van der Waals surface area contributed by atoms with Crippen molar-refractivity contribution in [3.05, 3.63) is 63.0 Å². The molecular formula is C19H18ClN5O2S. The summed E-state index contributed by atoms with van der Waals surface area (Å²) < 4.78 is 7.17. The van der Waals surface area contributed by atoms with Crippen molar-refractivity contribution in [1.82, 2.24) is 20.1 Å². The SMILES string of the molecule is CNC(=O)OCCc1cc2c(s1)-n1c(C)nnc1CN=C2c1ccccc1Cl. The topological polar surface area (TPSA) is 81.4 Å². The van der Waals surface area contributed by atoms with E-state index in [1.54, 1.807) is 18.4 Å². The second-order valence-electron chi connectivity index (χ2n) is 6.21. The Morgan fingerprint density at radius 2 is 2.14 bits per heavy atom. The van der Waals surface area contributed by atoms with E-state index in [0.29, 0.717) is 24.6 Å². The normalized spacial score (nSPS) is 12.6.